The summed E-state index contributed by atoms with van der Waals surface area (Å²) >= 11 is 5.38. The number of nitrogens with zero attached hydrogens (tertiary/aromatic N) is 2. The topological polar surface area (TPSA) is 92.4 Å². The summed E-state index contributed by atoms with van der Waals surface area (Å²) in [5, 5.41) is 5.95. The second-order valence-corrected chi connectivity index (χ2v) is 8.69. The molecule has 0 spiro atoms. The molecule has 3 rings (SSSR count). The molecule has 2 aromatic carbocycles. The average molecular weight is 529 g/mol. The molecule has 2 amide bonds. The van der Waals surface area contributed by atoms with E-state index in [0.29, 0.717) is 49.1 Å². The average Bonchev–Trinajstić information content (AvgIpc) is 2.90. The Morgan fingerprint density at radius 3 is 1.95 bits per heavy atom. The summed E-state index contributed by atoms with van der Waals surface area (Å²) in [5.41, 5.74) is 2.17. The number of nitrogens with one attached hydrogen (secondary N) is 2. The molecule has 0 bridgehead atoms. The lowest BCUT2D eigenvalue weighted by Crippen LogP contribution is -2.48. The van der Waals surface area contributed by atoms with Gasteiger partial charge in [-0.25, -0.2) is 0 Å². The fraction of sp³-hybridized carbons (Fsp3) is 0.444. The number of anilines is 2. The van der Waals surface area contributed by atoms with Gasteiger partial charge in [-0.2, -0.15) is 0 Å². The summed E-state index contributed by atoms with van der Waals surface area (Å²) in [4.78, 5) is 29.0. The Morgan fingerprint density at radius 2 is 1.43 bits per heavy atom. The van der Waals surface area contributed by atoms with Gasteiger partial charge in [0.25, 0.3) is 5.91 Å². The Hall–Kier alpha value is -3.53. The van der Waals surface area contributed by atoms with E-state index in [2.05, 4.69) is 15.5 Å². The molecule has 1 aliphatic rings. The predicted octanol–water partition coefficient (Wildman–Crippen LogP) is 4.07. The van der Waals surface area contributed by atoms with Crippen molar-refractivity contribution in [2.45, 2.75) is 34.1 Å². The van der Waals surface area contributed by atoms with E-state index in [1.54, 1.807) is 12.1 Å². The summed E-state index contributed by atoms with van der Waals surface area (Å²) in [6.07, 6.45) is 0.538. The smallest absolute Gasteiger partial charge is 0.257 e. The van der Waals surface area contributed by atoms with Crippen molar-refractivity contribution in [1.82, 2.24) is 10.2 Å². The SMILES string of the molecule is CCOc1cc(C(=O)NC(=S)Nc2ccc(N3CCN(C(=O)CC)CC3)cc2)cc(OCC)c1OCC. The molecule has 0 atom stereocenters. The third-order valence-electron chi connectivity index (χ3n) is 5.82. The minimum absolute atomic E-state index is 0.175. The second-order valence-electron chi connectivity index (χ2n) is 8.28. The molecule has 0 saturated carbocycles. The number of rotatable bonds is 10. The zero-order chi connectivity index (χ0) is 26.8. The first-order chi connectivity index (χ1) is 17.9. The fourth-order valence-corrected chi connectivity index (χ4v) is 4.26. The molecular formula is C27H36N4O5S. The molecule has 10 heteroatoms. The lowest BCUT2D eigenvalue weighted by Gasteiger charge is -2.36. The molecule has 0 unspecified atom stereocenters. The largest absolute Gasteiger partial charge is 0.490 e. The van der Waals surface area contributed by atoms with Gasteiger partial charge in [0.1, 0.15) is 0 Å². The van der Waals surface area contributed by atoms with Crippen LogP contribution in [0.25, 0.3) is 0 Å². The number of piperazine rings is 1. The highest BCUT2D eigenvalue weighted by atomic mass is 32.1. The zero-order valence-electron chi connectivity index (χ0n) is 22.0. The molecule has 0 radical (unpaired) electrons. The van der Waals surface area contributed by atoms with Crippen LogP contribution in [-0.4, -0.2) is 67.8 Å². The number of carbonyl (C=O) groups excluding carboxylic acids is 2. The standard InChI is InChI=1S/C27H36N4O5S/c1-5-24(32)31-15-13-30(14-16-31)21-11-9-20(10-12-21)28-27(37)29-26(33)19-17-22(34-6-2)25(36-8-4)23(18-19)35-7-3/h9-12,17-18H,5-8,13-16H2,1-4H3,(H2,28,29,33,37). The molecule has 2 aromatic rings. The number of hydrogen-bond acceptors (Lipinski definition) is 7. The van der Waals surface area contributed by atoms with Crippen molar-refractivity contribution in [1.29, 1.82) is 0 Å². The van der Waals surface area contributed by atoms with Crippen molar-refractivity contribution in [3.8, 4) is 17.2 Å². The summed E-state index contributed by atoms with van der Waals surface area (Å²) < 4.78 is 17.1. The maximum atomic E-state index is 13.0. The van der Waals surface area contributed by atoms with Crippen molar-refractivity contribution < 1.29 is 23.8 Å². The first-order valence-corrected chi connectivity index (χ1v) is 13.1. The summed E-state index contributed by atoms with van der Waals surface area (Å²) in [6.45, 7) is 11.8. The molecule has 0 aromatic heterocycles. The third kappa shape index (κ3) is 7.48. The van der Waals surface area contributed by atoms with Gasteiger partial charge in [-0.05, 0) is 69.4 Å². The molecule has 9 nitrogen and oxygen atoms in total. The van der Waals surface area contributed by atoms with Gasteiger partial charge >= 0.3 is 0 Å². The molecule has 1 saturated heterocycles. The minimum Gasteiger partial charge on any atom is -0.490 e. The predicted molar refractivity (Wildman–Crippen MR) is 149 cm³/mol. The van der Waals surface area contributed by atoms with Gasteiger partial charge in [0.2, 0.25) is 11.7 Å². The summed E-state index contributed by atoms with van der Waals surface area (Å²) in [7, 11) is 0. The Labute approximate surface area is 224 Å². The molecule has 1 fully saturated rings. The van der Waals surface area contributed by atoms with Crippen LogP contribution in [0.5, 0.6) is 17.2 Å². The highest BCUT2D eigenvalue weighted by molar-refractivity contribution is 7.80. The van der Waals surface area contributed by atoms with Gasteiger partial charge in [-0.15, -0.1) is 0 Å². The van der Waals surface area contributed by atoms with Crippen LogP contribution in [0.4, 0.5) is 11.4 Å². The van der Waals surface area contributed by atoms with Crippen LogP contribution in [0.1, 0.15) is 44.5 Å². The maximum Gasteiger partial charge on any atom is 0.257 e. The van der Waals surface area contributed by atoms with Crippen molar-refractivity contribution in [3.05, 3.63) is 42.0 Å². The molecule has 37 heavy (non-hydrogen) atoms. The minimum atomic E-state index is -0.390. The maximum absolute atomic E-state index is 13.0. The number of thiocarbonyl (C=S) groups is 1. The molecule has 200 valence electrons. The van der Waals surface area contributed by atoms with E-state index < -0.39 is 5.91 Å². The highest BCUT2D eigenvalue weighted by Crippen LogP contribution is 2.39. The van der Waals surface area contributed by atoms with Crippen molar-refractivity contribution in [2.75, 3.05) is 56.2 Å². The van der Waals surface area contributed by atoms with Gasteiger partial charge in [-0.1, -0.05) is 6.92 Å². The van der Waals surface area contributed by atoms with Crippen molar-refractivity contribution in [2.24, 2.45) is 0 Å². The third-order valence-corrected chi connectivity index (χ3v) is 6.03. The fourth-order valence-electron chi connectivity index (χ4n) is 4.05. The van der Waals surface area contributed by atoms with E-state index in [1.165, 1.54) is 0 Å². The number of carbonyl (C=O) groups is 2. The van der Waals surface area contributed by atoms with E-state index in [0.717, 1.165) is 37.6 Å². The van der Waals surface area contributed by atoms with Crippen LogP contribution >= 0.6 is 12.2 Å². The number of benzene rings is 2. The van der Waals surface area contributed by atoms with Crippen LogP contribution in [0, 0.1) is 0 Å². The van der Waals surface area contributed by atoms with Gasteiger partial charge in [-0.3, -0.25) is 14.9 Å². The van der Waals surface area contributed by atoms with Crippen molar-refractivity contribution >= 4 is 40.5 Å². The van der Waals surface area contributed by atoms with Crippen LogP contribution in [0.3, 0.4) is 0 Å². The number of ether oxygens (including phenoxy) is 3. The van der Waals surface area contributed by atoms with Crippen molar-refractivity contribution in [3.63, 3.8) is 0 Å². The first kappa shape index (κ1) is 28.0. The van der Waals surface area contributed by atoms with E-state index in [-0.39, 0.29) is 11.0 Å². The Bertz CT molecular complexity index is 1060. The Kier molecular flexibility index (Phi) is 10.4. The molecule has 1 heterocycles. The number of amides is 2. The summed E-state index contributed by atoms with van der Waals surface area (Å²) in [6, 6.07) is 11.1. The monoisotopic (exact) mass is 528 g/mol. The van der Waals surface area contributed by atoms with Crippen LogP contribution < -0.4 is 29.7 Å². The lowest BCUT2D eigenvalue weighted by molar-refractivity contribution is -0.131. The Balaban J connectivity index is 1.62. The van der Waals surface area contributed by atoms with E-state index >= 15 is 0 Å². The Morgan fingerprint density at radius 1 is 0.865 bits per heavy atom. The van der Waals surface area contributed by atoms with Gasteiger partial charge in [0, 0.05) is 49.5 Å². The van der Waals surface area contributed by atoms with E-state index in [4.69, 9.17) is 26.4 Å². The van der Waals surface area contributed by atoms with Gasteiger partial charge in [0.05, 0.1) is 19.8 Å². The van der Waals surface area contributed by atoms with E-state index in [9.17, 15) is 9.59 Å². The first-order valence-electron chi connectivity index (χ1n) is 12.7. The van der Waals surface area contributed by atoms with Gasteiger partial charge < -0.3 is 29.3 Å². The second kappa shape index (κ2) is 13.7. The van der Waals surface area contributed by atoms with Crippen LogP contribution in [0.2, 0.25) is 0 Å². The normalized spacial score (nSPS) is 13.1. The number of hydrogen-bond donors (Lipinski definition) is 2. The lowest BCUT2D eigenvalue weighted by atomic mass is 10.1. The zero-order valence-corrected chi connectivity index (χ0v) is 22.8. The molecule has 2 N–H and O–H groups in total. The molecule has 0 aliphatic carbocycles. The van der Waals surface area contributed by atoms with Crippen LogP contribution in [-0.2, 0) is 4.79 Å². The quantitative estimate of drug-likeness (QED) is 0.446. The molecule has 1 aliphatic heterocycles. The van der Waals surface area contributed by atoms with E-state index in [1.807, 2.05) is 56.9 Å². The summed E-state index contributed by atoms with van der Waals surface area (Å²) in [5.74, 6) is 1.16. The van der Waals surface area contributed by atoms with Gasteiger partial charge in [0.15, 0.2) is 16.6 Å². The highest BCUT2D eigenvalue weighted by Gasteiger charge is 2.21. The molecular weight excluding hydrogens is 492 g/mol. The van der Waals surface area contributed by atoms with Crippen LogP contribution in [0.15, 0.2) is 36.4 Å².